The van der Waals surface area contributed by atoms with Crippen LogP contribution >= 0.6 is 0 Å². The first-order chi connectivity index (χ1) is 10.4. The number of nitrogens with two attached hydrogens (primary N) is 1. The topological polar surface area (TPSA) is 74.4 Å². The zero-order chi connectivity index (χ0) is 16.2. The predicted molar refractivity (Wildman–Crippen MR) is 85.4 cm³/mol. The van der Waals surface area contributed by atoms with E-state index < -0.39 is 11.6 Å². The number of carbonyl (C=O) groups is 1. The molecule has 2 N–H and O–H groups in total. The van der Waals surface area contributed by atoms with Crippen LogP contribution < -0.4 is 10.5 Å². The second-order valence-electron chi connectivity index (χ2n) is 5.31. The minimum absolute atomic E-state index is 0.318. The lowest BCUT2D eigenvalue weighted by Crippen LogP contribution is -2.39. The van der Waals surface area contributed by atoms with Crippen LogP contribution in [0.5, 0.6) is 5.75 Å². The molecule has 1 heterocycles. The maximum Gasteiger partial charge on any atom is 0.349 e. The summed E-state index contributed by atoms with van der Waals surface area (Å²) in [5, 5.41) is 0. The molecule has 0 unspecified atom stereocenters. The zero-order valence-corrected chi connectivity index (χ0v) is 13.0. The van der Waals surface area contributed by atoms with Gasteiger partial charge in [0.15, 0.2) is 5.60 Å². The third-order valence-electron chi connectivity index (χ3n) is 3.04. The van der Waals surface area contributed by atoms with Crippen LogP contribution in [-0.4, -0.2) is 23.2 Å². The Kier molecular flexibility index (Phi) is 4.65. The molecule has 0 atom stereocenters. The predicted octanol–water partition coefficient (Wildman–Crippen LogP) is 3.05. The molecule has 0 spiro atoms. The summed E-state index contributed by atoms with van der Waals surface area (Å²) in [5.41, 5.74) is 6.26. The van der Waals surface area contributed by atoms with Crippen LogP contribution in [0.1, 0.15) is 20.8 Å². The highest BCUT2D eigenvalue weighted by Gasteiger charge is 2.31. The van der Waals surface area contributed by atoms with E-state index in [0.717, 1.165) is 11.3 Å². The maximum atomic E-state index is 11.9. The van der Waals surface area contributed by atoms with Crippen LogP contribution in [0.2, 0.25) is 0 Å². The Labute approximate surface area is 130 Å². The van der Waals surface area contributed by atoms with E-state index in [9.17, 15) is 4.79 Å². The molecule has 0 aliphatic heterocycles. The van der Waals surface area contributed by atoms with E-state index in [4.69, 9.17) is 15.2 Å². The molecule has 5 nitrogen and oxygen atoms in total. The number of nitrogen functional groups attached to an aromatic ring is 1. The van der Waals surface area contributed by atoms with Crippen LogP contribution in [-0.2, 0) is 9.53 Å². The monoisotopic (exact) mass is 300 g/mol. The van der Waals surface area contributed by atoms with Crippen LogP contribution in [0.25, 0.3) is 11.3 Å². The summed E-state index contributed by atoms with van der Waals surface area (Å²) in [6.07, 6.45) is 0. The maximum absolute atomic E-state index is 11.9. The fourth-order valence-electron chi connectivity index (χ4n) is 1.97. The molecule has 0 radical (unpaired) electrons. The number of aromatic nitrogens is 1. The first-order valence-electron chi connectivity index (χ1n) is 7.11. The van der Waals surface area contributed by atoms with Crippen molar-refractivity contribution >= 4 is 11.8 Å². The van der Waals surface area contributed by atoms with Gasteiger partial charge in [0.1, 0.15) is 11.6 Å². The lowest BCUT2D eigenvalue weighted by Gasteiger charge is -2.24. The van der Waals surface area contributed by atoms with Gasteiger partial charge in [-0.05, 0) is 45.0 Å². The van der Waals surface area contributed by atoms with Crippen molar-refractivity contribution in [3.8, 4) is 17.0 Å². The van der Waals surface area contributed by atoms with Crippen LogP contribution in [0.4, 0.5) is 5.82 Å². The molecule has 0 bridgehead atoms. The Morgan fingerprint density at radius 3 is 2.64 bits per heavy atom. The summed E-state index contributed by atoms with van der Waals surface area (Å²) in [5.74, 6) is 0.623. The van der Waals surface area contributed by atoms with Gasteiger partial charge in [-0.1, -0.05) is 18.2 Å². The molecule has 1 aromatic carbocycles. The normalized spacial score (nSPS) is 11.0. The molecule has 116 valence electrons. The molecule has 0 amide bonds. The van der Waals surface area contributed by atoms with Crippen molar-refractivity contribution in [3.63, 3.8) is 0 Å². The number of nitrogens with zero attached hydrogens (tertiary/aromatic N) is 1. The van der Waals surface area contributed by atoms with Crippen molar-refractivity contribution < 1.29 is 14.3 Å². The van der Waals surface area contributed by atoms with Crippen LogP contribution in [0.3, 0.4) is 0 Å². The van der Waals surface area contributed by atoms with Gasteiger partial charge >= 0.3 is 5.97 Å². The smallest absolute Gasteiger partial charge is 0.349 e. The molecule has 2 rings (SSSR count). The molecule has 0 saturated heterocycles. The molecule has 22 heavy (non-hydrogen) atoms. The summed E-state index contributed by atoms with van der Waals surface area (Å²) in [6, 6.07) is 12.8. The first-order valence-corrected chi connectivity index (χ1v) is 7.11. The Bertz CT molecular complexity index is 668. The number of hydrogen-bond donors (Lipinski definition) is 1. The molecule has 0 saturated carbocycles. The van der Waals surface area contributed by atoms with Gasteiger partial charge in [-0.15, -0.1) is 0 Å². The fraction of sp³-hybridized carbons (Fsp3) is 0.294. The average Bonchev–Trinajstić information content (AvgIpc) is 2.47. The summed E-state index contributed by atoms with van der Waals surface area (Å²) < 4.78 is 10.8. The number of rotatable bonds is 5. The van der Waals surface area contributed by atoms with Gasteiger partial charge in [0, 0.05) is 5.56 Å². The van der Waals surface area contributed by atoms with E-state index in [-0.39, 0.29) is 0 Å². The Morgan fingerprint density at radius 2 is 1.95 bits per heavy atom. The number of anilines is 1. The summed E-state index contributed by atoms with van der Waals surface area (Å²) in [7, 11) is 0. The van der Waals surface area contributed by atoms with Crippen LogP contribution in [0, 0.1) is 0 Å². The third kappa shape index (κ3) is 3.75. The number of benzene rings is 1. The molecule has 0 aliphatic rings. The summed E-state index contributed by atoms with van der Waals surface area (Å²) in [4.78, 5) is 16.2. The molecule has 2 aromatic rings. The average molecular weight is 300 g/mol. The minimum Gasteiger partial charge on any atom is -0.476 e. The third-order valence-corrected chi connectivity index (χ3v) is 3.04. The van der Waals surface area contributed by atoms with E-state index in [2.05, 4.69) is 4.98 Å². The summed E-state index contributed by atoms with van der Waals surface area (Å²) >= 11 is 0. The highest BCUT2D eigenvalue weighted by molar-refractivity contribution is 5.79. The van der Waals surface area contributed by atoms with Crippen LogP contribution in [0.15, 0.2) is 42.5 Å². The van der Waals surface area contributed by atoms with Gasteiger partial charge in [-0.2, -0.15) is 0 Å². The van der Waals surface area contributed by atoms with E-state index in [1.165, 1.54) is 0 Å². The number of pyridine rings is 1. The Morgan fingerprint density at radius 1 is 1.23 bits per heavy atom. The van der Waals surface area contributed by atoms with Crippen molar-refractivity contribution in [3.05, 3.63) is 42.5 Å². The lowest BCUT2D eigenvalue weighted by atomic mass is 10.1. The Hall–Kier alpha value is -2.56. The molecule has 5 heteroatoms. The van der Waals surface area contributed by atoms with E-state index in [1.54, 1.807) is 32.9 Å². The first kappa shape index (κ1) is 15.8. The second kappa shape index (κ2) is 6.47. The van der Waals surface area contributed by atoms with Gasteiger partial charge in [0.05, 0.1) is 12.3 Å². The van der Waals surface area contributed by atoms with E-state index >= 15 is 0 Å². The minimum atomic E-state index is -1.06. The lowest BCUT2D eigenvalue weighted by molar-refractivity contribution is -0.158. The molecule has 0 aliphatic carbocycles. The quantitative estimate of drug-likeness (QED) is 0.859. The van der Waals surface area contributed by atoms with E-state index in [1.807, 2.05) is 30.3 Å². The highest BCUT2D eigenvalue weighted by atomic mass is 16.6. The van der Waals surface area contributed by atoms with Crippen molar-refractivity contribution in [2.75, 3.05) is 12.3 Å². The van der Waals surface area contributed by atoms with Gasteiger partial charge in [0.25, 0.3) is 0 Å². The van der Waals surface area contributed by atoms with E-state index in [0.29, 0.717) is 18.2 Å². The highest BCUT2D eigenvalue weighted by Crippen LogP contribution is 2.26. The molecular weight excluding hydrogens is 280 g/mol. The molecule has 1 aromatic heterocycles. The summed E-state index contributed by atoms with van der Waals surface area (Å²) in [6.45, 7) is 5.44. The molecular formula is C17H20N2O3. The van der Waals surface area contributed by atoms with Crippen molar-refractivity contribution in [2.45, 2.75) is 26.4 Å². The standard InChI is InChI=1S/C17H20N2O3/c1-4-21-16(20)17(2,3)22-13-8-5-7-12(11-13)14-9-6-10-15(18)19-14/h5-11H,4H2,1-3H3,(H2,18,19). The molecule has 0 fully saturated rings. The van der Waals surface area contributed by atoms with Gasteiger partial charge < -0.3 is 15.2 Å². The number of esters is 1. The van der Waals surface area contributed by atoms with Crippen molar-refractivity contribution in [1.82, 2.24) is 4.98 Å². The van der Waals surface area contributed by atoms with Gasteiger partial charge in [-0.25, -0.2) is 9.78 Å². The largest absolute Gasteiger partial charge is 0.476 e. The van der Waals surface area contributed by atoms with Crippen molar-refractivity contribution in [1.29, 1.82) is 0 Å². The van der Waals surface area contributed by atoms with Crippen molar-refractivity contribution in [2.24, 2.45) is 0 Å². The number of carbonyl (C=O) groups excluding carboxylic acids is 1. The number of ether oxygens (including phenoxy) is 2. The second-order valence-corrected chi connectivity index (χ2v) is 5.31. The zero-order valence-electron chi connectivity index (χ0n) is 13.0. The fourth-order valence-corrected chi connectivity index (χ4v) is 1.97. The van der Waals surface area contributed by atoms with Gasteiger partial charge in [-0.3, -0.25) is 0 Å². The van der Waals surface area contributed by atoms with Gasteiger partial charge in [0.2, 0.25) is 0 Å². The SMILES string of the molecule is CCOC(=O)C(C)(C)Oc1cccc(-c2cccc(N)n2)c1. The number of hydrogen-bond acceptors (Lipinski definition) is 5. The Balaban J connectivity index is 2.24.